The lowest BCUT2D eigenvalue weighted by atomic mass is 10.2. The van der Waals surface area contributed by atoms with Gasteiger partial charge in [-0.05, 0) is 25.1 Å². The number of nitrogens with one attached hydrogen (secondary N) is 1. The van der Waals surface area contributed by atoms with Crippen molar-refractivity contribution in [2.24, 2.45) is 0 Å². The molecule has 4 aromatic heterocycles. The van der Waals surface area contributed by atoms with E-state index < -0.39 is 0 Å². The zero-order chi connectivity index (χ0) is 18.3. The molecule has 0 aliphatic carbocycles. The predicted molar refractivity (Wildman–Crippen MR) is 95.7 cm³/mol. The zero-order valence-corrected chi connectivity index (χ0v) is 14.3. The summed E-state index contributed by atoms with van der Waals surface area (Å²) in [7, 11) is 1.58. The number of hydrogen-bond acceptors (Lipinski definition) is 6. The van der Waals surface area contributed by atoms with Crippen LogP contribution in [0.5, 0.6) is 0 Å². The topological polar surface area (TPSA) is 108 Å². The molecule has 0 atom stereocenters. The first-order valence-corrected chi connectivity index (χ1v) is 8.02. The van der Waals surface area contributed by atoms with E-state index in [1.165, 1.54) is 4.57 Å². The molecule has 0 amide bonds. The highest BCUT2D eigenvalue weighted by Gasteiger charge is 2.12. The molecule has 0 aromatic carbocycles. The lowest BCUT2D eigenvalue weighted by molar-refractivity contribution is 0.186. The Labute approximate surface area is 146 Å². The molecule has 0 spiro atoms. The summed E-state index contributed by atoms with van der Waals surface area (Å²) in [5.74, 6) is 0.852. The molecular weight excluding hydrogens is 336 g/mol. The van der Waals surface area contributed by atoms with Gasteiger partial charge in [0.05, 0.1) is 28.4 Å². The molecule has 132 valence electrons. The van der Waals surface area contributed by atoms with Crippen molar-refractivity contribution in [1.82, 2.24) is 29.3 Å². The second kappa shape index (κ2) is 6.19. The summed E-state index contributed by atoms with van der Waals surface area (Å²) >= 11 is 0. The lowest BCUT2D eigenvalue weighted by Gasteiger charge is -2.08. The van der Waals surface area contributed by atoms with Gasteiger partial charge in [0.1, 0.15) is 5.82 Å². The summed E-state index contributed by atoms with van der Waals surface area (Å²) in [4.78, 5) is 34.2. The highest BCUT2D eigenvalue weighted by Crippen LogP contribution is 2.15. The van der Waals surface area contributed by atoms with Crippen LogP contribution in [0.2, 0.25) is 0 Å². The van der Waals surface area contributed by atoms with E-state index >= 15 is 0 Å². The quantitative estimate of drug-likeness (QED) is 0.544. The van der Waals surface area contributed by atoms with Crippen LogP contribution in [-0.2, 0) is 11.3 Å². The van der Waals surface area contributed by atoms with Crippen LogP contribution >= 0.6 is 0 Å². The minimum Gasteiger partial charge on any atom is -0.383 e. The van der Waals surface area contributed by atoms with Crippen LogP contribution in [0.15, 0.2) is 40.2 Å². The van der Waals surface area contributed by atoms with Crippen molar-refractivity contribution in [2.75, 3.05) is 13.7 Å². The Kier molecular flexibility index (Phi) is 3.85. The number of methoxy groups -OCH3 is 1. The first-order valence-electron chi connectivity index (χ1n) is 8.02. The van der Waals surface area contributed by atoms with Crippen molar-refractivity contribution in [3.8, 4) is 5.95 Å². The molecule has 0 bridgehead atoms. The van der Waals surface area contributed by atoms with Crippen LogP contribution < -0.4 is 11.1 Å². The number of rotatable bonds is 4. The summed E-state index contributed by atoms with van der Waals surface area (Å²) < 4.78 is 7.89. The molecule has 26 heavy (non-hydrogen) atoms. The first-order chi connectivity index (χ1) is 12.6. The number of ether oxygens (including phenoxy) is 1. The van der Waals surface area contributed by atoms with E-state index in [2.05, 4.69) is 20.2 Å². The largest absolute Gasteiger partial charge is 0.383 e. The monoisotopic (exact) mass is 352 g/mol. The Bertz CT molecular complexity index is 1240. The number of hydrogen-bond donors (Lipinski definition) is 1. The molecule has 0 unspecified atom stereocenters. The third kappa shape index (κ3) is 2.58. The number of aromatic nitrogens is 6. The Hall–Kier alpha value is -3.33. The minimum absolute atomic E-state index is 0.211. The van der Waals surface area contributed by atoms with Crippen LogP contribution in [0.1, 0.15) is 5.82 Å². The summed E-state index contributed by atoms with van der Waals surface area (Å²) in [6.07, 6.45) is 3.26. The van der Waals surface area contributed by atoms with E-state index in [4.69, 9.17) is 4.74 Å². The average molecular weight is 352 g/mol. The fraction of sp³-hybridized carbons (Fsp3) is 0.235. The van der Waals surface area contributed by atoms with Crippen LogP contribution in [-0.4, -0.2) is 43.0 Å². The SMILES string of the molecule is COCCn1ccc2nc3ccn(-c4n[nH]c(C)n4)c(=O)c3cc2c1=O. The van der Waals surface area contributed by atoms with Gasteiger partial charge >= 0.3 is 0 Å². The van der Waals surface area contributed by atoms with E-state index in [-0.39, 0.29) is 17.1 Å². The van der Waals surface area contributed by atoms with Gasteiger partial charge in [0, 0.05) is 26.0 Å². The molecule has 9 heteroatoms. The second-order valence-corrected chi connectivity index (χ2v) is 5.87. The van der Waals surface area contributed by atoms with Gasteiger partial charge in [0.2, 0.25) is 0 Å². The summed E-state index contributed by atoms with van der Waals surface area (Å²) in [5.41, 5.74) is 0.516. The number of fused-ring (bicyclic) bond motifs is 2. The molecule has 0 saturated heterocycles. The van der Waals surface area contributed by atoms with Crippen molar-refractivity contribution in [1.29, 1.82) is 0 Å². The van der Waals surface area contributed by atoms with Gasteiger partial charge in [-0.25, -0.2) is 9.55 Å². The highest BCUT2D eigenvalue weighted by atomic mass is 16.5. The summed E-state index contributed by atoms with van der Waals surface area (Å²) in [6, 6.07) is 5.05. The predicted octanol–water partition coefficient (Wildman–Crippen LogP) is 0.774. The maximum absolute atomic E-state index is 12.9. The number of pyridine rings is 3. The molecule has 0 fully saturated rings. The van der Waals surface area contributed by atoms with Gasteiger partial charge in [-0.15, -0.1) is 5.10 Å². The molecule has 4 heterocycles. The third-order valence-electron chi connectivity index (χ3n) is 4.15. The van der Waals surface area contributed by atoms with E-state index in [0.717, 1.165) is 0 Å². The number of aryl methyl sites for hydroxylation is 1. The molecule has 0 saturated carbocycles. The Morgan fingerprint density at radius 3 is 2.50 bits per heavy atom. The lowest BCUT2D eigenvalue weighted by Crippen LogP contribution is -2.23. The molecule has 0 aliphatic rings. The van der Waals surface area contributed by atoms with Crippen molar-refractivity contribution in [3.63, 3.8) is 0 Å². The number of aromatic amines is 1. The smallest absolute Gasteiger partial charge is 0.267 e. The minimum atomic E-state index is -0.331. The van der Waals surface area contributed by atoms with E-state index in [1.54, 1.807) is 49.2 Å². The molecule has 0 radical (unpaired) electrons. The van der Waals surface area contributed by atoms with Gasteiger partial charge in [-0.1, -0.05) is 0 Å². The normalized spacial score (nSPS) is 11.5. The molecule has 0 aliphatic heterocycles. The van der Waals surface area contributed by atoms with Gasteiger partial charge in [0.25, 0.3) is 17.1 Å². The second-order valence-electron chi connectivity index (χ2n) is 5.87. The van der Waals surface area contributed by atoms with Gasteiger partial charge in [0.15, 0.2) is 0 Å². The van der Waals surface area contributed by atoms with Gasteiger partial charge < -0.3 is 9.30 Å². The van der Waals surface area contributed by atoms with Crippen LogP contribution in [0.4, 0.5) is 0 Å². The number of H-pyrrole nitrogens is 1. The first kappa shape index (κ1) is 16.2. The molecule has 4 aromatic rings. The van der Waals surface area contributed by atoms with E-state index in [9.17, 15) is 9.59 Å². The van der Waals surface area contributed by atoms with E-state index in [1.807, 2.05) is 0 Å². The fourth-order valence-electron chi connectivity index (χ4n) is 2.83. The molecule has 4 rings (SSSR count). The molecular formula is C17H16N6O3. The summed E-state index contributed by atoms with van der Waals surface area (Å²) in [5, 5.41) is 7.44. The Morgan fingerprint density at radius 2 is 1.81 bits per heavy atom. The highest BCUT2D eigenvalue weighted by molar-refractivity contribution is 5.91. The molecule has 1 N–H and O–H groups in total. The maximum atomic E-state index is 12.9. The zero-order valence-electron chi connectivity index (χ0n) is 14.3. The van der Waals surface area contributed by atoms with Crippen LogP contribution in [0, 0.1) is 6.92 Å². The van der Waals surface area contributed by atoms with Crippen LogP contribution in [0.3, 0.4) is 0 Å². The van der Waals surface area contributed by atoms with Crippen molar-refractivity contribution >= 4 is 21.8 Å². The van der Waals surface area contributed by atoms with E-state index in [0.29, 0.717) is 40.8 Å². The Morgan fingerprint density at radius 1 is 1.08 bits per heavy atom. The number of nitrogens with zero attached hydrogens (tertiary/aromatic N) is 5. The Balaban J connectivity index is 1.96. The average Bonchev–Trinajstić information content (AvgIpc) is 3.07. The van der Waals surface area contributed by atoms with Crippen molar-refractivity contribution in [3.05, 3.63) is 57.1 Å². The third-order valence-corrected chi connectivity index (χ3v) is 4.15. The van der Waals surface area contributed by atoms with Crippen molar-refractivity contribution in [2.45, 2.75) is 13.5 Å². The fourth-order valence-corrected chi connectivity index (χ4v) is 2.83. The standard InChI is InChI=1S/C17H16N6O3/c1-10-18-17(21-20-10)23-6-4-14-12(16(23)25)9-11-13(19-14)3-5-22(15(11)24)7-8-26-2/h3-6,9H,7-8H2,1-2H3,(H,18,20,21). The maximum Gasteiger partial charge on any atom is 0.267 e. The summed E-state index contributed by atoms with van der Waals surface area (Å²) in [6.45, 7) is 2.60. The van der Waals surface area contributed by atoms with Gasteiger partial charge in [-0.3, -0.25) is 14.7 Å². The molecule has 9 nitrogen and oxygen atoms in total. The van der Waals surface area contributed by atoms with Gasteiger partial charge in [-0.2, -0.15) is 4.98 Å². The van der Waals surface area contributed by atoms with Crippen molar-refractivity contribution < 1.29 is 4.74 Å². The van der Waals surface area contributed by atoms with Crippen LogP contribution in [0.25, 0.3) is 27.8 Å².